The van der Waals surface area contributed by atoms with E-state index in [0.717, 1.165) is 12.8 Å². The average molecular weight is 316 g/mol. The van der Waals surface area contributed by atoms with Gasteiger partial charge in [-0.15, -0.1) is 0 Å². The summed E-state index contributed by atoms with van der Waals surface area (Å²) in [6.07, 6.45) is 2.02. The van der Waals surface area contributed by atoms with Crippen molar-refractivity contribution >= 4 is 23.5 Å². The number of hydrogen-bond donors (Lipinski definition) is 3. The number of carboxylic acids is 1. The Morgan fingerprint density at radius 3 is 2.43 bits per heavy atom. The quantitative estimate of drug-likeness (QED) is 0.773. The molecule has 2 fully saturated rings. The van der Waals surface area contributed by atoms with Crippen molar-refractivity contribution in [3.8, 4) is 0 Å². The highest BCUT2D eigenvalue weighted by Crippen LogP contribution is 2.58. The maximum Gasteiger partial charge on any atom is 0.307 e. The molecular weight excluding hydrogens is 296 g/mol. The number of nitrogens with one attached hydrogen (secondary N) is 2. The van der Waals surface area contributed by atoms with Gasteiger partial charge in [-0.3, -0.25) is 14.4 Å². The van der Waals surface area contributed by atoms with E-state index in [0.29, 0.717) is 11.3 Å². The third kappa shape index (κ3) is 3.06. The van der Waals surface area contributed by atoms with Gasteiger partial charge in [0.05, 0.1) is 11.8 Å². The van der Waals surface area contributed by atoms with Gasteiger partial charge in [0.2, 0.25) is 5.91 Å². The summed E-state index contributed by atoms with van der Waals surface area (Å²) >= 11 is 0. The second-order valence-corrected chi connectivity index (χ2v) is 6.93. The lowest BCUT2D eigenvalue weighted by Gasteiger charge is -2.08. The molecule has 23 heavy (non-hydrogen) atoms. The van der Waals surface area contributed by atoms with Gasteiger partial charge >= 0.3 is 5.97 Å². The maximum atomic E-state index is 12.3. The van der Waals surface area contributed by atoms with E-state index in [1.165, 1.54) is 0 Å². The van der Waals surface area contributed by atoms with E-state index in [2.05, 4.69) is 10.6 Å². The van der Waals surface area contributed by atoms with Crippen molar-refractivity contribution in [2.75, 3.05) is 5.32 Å². The van der Waals surface area contributed by atoms with E-state index >= 15 is 0 Å². The van der Waals surface area contributed by atoms with Crippen molar-refractivity contribution in [3.05, 3.63) is 29.8 Å². The van der Waals surface area contributed by atoms with E-state index in [1.54, 1.807) is 38.1 Å². The third-order valence-electron chi connectivity index (χ3n) is 4.68. The minimum Gasteiger partial charge on any atom is -0.481 e. The predicted molar refractivity (Wildman–Crippen MR) is 84.0 cm³/mol. The second kappa shape index (κ2) is 5.37. The van der Waals surface area contributed by atoms with Crippen molar-refractivity contribution < 1.29 is 19.5 Å². The van der Waals surface area contributed by atoms with Crippen LogP contribution in [0.15, 0.2) is 24.3 Å². The fraction of sp³-hybridized carbons (Fsp3) is 0.471. The predicted octanol–water partition coefficient (Wildman–Crippen LogP) is 1.87. The molecule has 6 heteroatoms. The molecule has 0 heterocycles. The van der Waals surface area contributed by atoms with Crippen LogP contribution in [0.3, 0.4) is 0 Å². The Morgan fingerprint density at radius 2 is 1.87 bits per heavy atom. The molecule has 0 saturated heterocycles. The van der Waals surface area contributed by atoms with E-state index in [9.17, 15) is 14.4 Å². The van der Waals surface area contributed by atoms with Gasteiger partial charge in [-0.1, -0.05) is 19.9 Å². The number of hydrogen-bond acceptors (Lipinski definition) is 3. The molecule has 0 aromatic heterocycles. The summed E-state index contributed by atoms with van der Waals surface area (Å²) in [4.78, 5) is 35.5. The Balaban J connectivity index is 1.67. The Morgan fingerprint density at radius 1 is 1.17 bits per heavy atom. The summed E-state index contributed by atoms with van der Waals surface area (Å²) in [6, 6.07) is 6.96. The molecule has 0 aliphatic heterocycles. The van der Waals surface area contributed by atoms with Crippen molar-refractivity contribution in [3.63, 3.8) is 0 Å². The van der Waals surface area contributed by atoms with Gasteiger partial charge in [-0.05, 0) is 36.5 Å². The molecule has 0 bridgehead atoms. The number of anilines is 1. The van der Waals surface area contributed by atoms with Crippen LogP contribution in [0, 0.1) is 17.3 Å². The number of aliphatic carboxylic acids is 1. The zero-order valence-electron chi connectivity index (χ0n) is 13.1. The molecule has 122 valence electrons. The Hall–Kier alpha value is -2.37. The highest BCUT2D eigenvalue weighted by molar-refractivity contribution is 6.01. The molecule has 0 spiro atoms. The van der Waals surface area contributed by atoms with E-state index in [1.807, 2.05) is 0 Å². The summed E-state index contributed by atoms with van der Waals surface area (Å²) in [5, 5.41) is 14.8. The molecule has 2 aliphatic rings. The first-order valence-electron chi connectivity index (χ1n) is 7.75. The normalized spacial score (nSPS) is 24.6. The van der Waals surface area contributed by atoms with Crippen LogP contribution in [0.4, 0.5) is 5.69 Å². The fourth-order valence-electron chi connectivity index (χ4n) is 3.04. The van der Waals surface area contributed by atoms with Gasteiger partial charge < -0.3 is 15.7 Å². The number of benzene rings is 1. The van der Waals surface area contributed by atoms with Crippen LogP contribution in [-0.4, -0.2) is 28.9 Å². The SMILES string of the molecule is CC1(C)[C@@H](C(=O)O)[C@@H]1C(=O)Nc1cccc(C(=O)NC2CC2)c1. The topological polar surface area (TPSA) is 95.5 Å². The number of carboxylic acid groups (broad SMARTS) is 1. The third-order valence-corrected chi connectivity index (χ3v) is 4.68. The minimum absolute atomic E-state index is 0.154. The van der Waals surface area contributed by atoms with Crippen molar-refractivity contribution in [1.29, 1.82) is 0 Å². The number of amides is 2. The zero-order valence-corrected chi connectivity index (χ0v) is 13.1. The summed E-state index contributed by atoms with van der Waals surface area (Å²) in [6.45, 7) is 3.55. The van der Waals surface area contributed by atoms with Gasteiger partial charge in [0.15, 0.2) is 0 Å². The number of carbonyl (C=O) groups is 3. The van der Waals surface area contributed by atoms with Crippen molar-refractivity contribution in [1.82, 2.24) is 5.32 Å². The molecule has 0 unspecified atom stereocenters. The monoisotopic (exact) mass is 316 g/mol. The van der Waals surface area contributed by atoms with Gasteiger partial charge in [-0.25, -0.2) is 0 Å². The molecule has 1 aromatic carbocycles. The summed E-state index contributed by atoms with van der Waals surface area (Å²) in [5.74, 6) is -2.64. The first kappa shape index (κ1) is 15.5. The van der Waals surface area contributed by atoms with Gasteiger partial charge in [0.25, 0.3) is 5.91 Å². The maximum absolute atomic E-state index is 12.3. The second-order valence-electron chi connectivity index (χ2n) is 6.93. The number of rotatable bonds is 5. The smallest absolute Gasteiger partial charge is 0.307 e. The lowest BCUT2D eigenvalue weighted by molar-refractivity contribution is -0.140. The molecule has 2 amide bonds. The standard InChI is InChI=1S/C17H20N2O4/c1-17(2)12(13(17)16(22)23)15(21)19-11-5-3-4-9(8-11)14(20)18-10-6-7-10/h3-5,8,10,12-13H,6-7H2,1-2H3,(H,18,20)(H,19,21)(H,22,23)/t12-,13-/m1/s1. The van der Waals surface area contributed by atoms with Crippen molar-refractivity contribution in [2.24, 2.45) is 17.3 Å². The molecule has 1 aromatic rings. The van der Waals surface area contributed by atoms with Gasteiger partial charge in [-0.2, -0.15) is 0 Å². The molecule has 2 saturated carbocycles. The summed E-state index contributed by atoms with van der Waals surface area (Å²) < 4.78 is 0. The molecule has 3 rings (SSSR count). The van der Waals surface area contributed by atoms with Gasteiger partial charge in [0.1, 0.15) is 0 Å². The van der Waals surface area contributed by atoms with Crippen LogP contribution in [0.25, 0.3) is 0 Å². The molecule has 0 radical (unpaired) electrons. The molecule has 6 nitrogen and oxygen atoms in total. The van der Waals surface area contributed by atoms with E-state index < -0.39 is 23.2 Å². The van der Waals surface area contributed by atoms with Crippen LogP contribution < -0.4 is 10.6 Å². The Labute approximate surface area is 134 Å². The summed E-state index contributed by atoms with van der Waals surface area (Å²) in [5.41, 5.74) is 0.446. The Kier molecular flexibility index (Phi) is 3.62. The average Bonchev–Trinajstić information content (AvgIpc) is 3.36. The van der Waals surface area contributed by atoms with E-state index in [-0.39, 0.29) is 17.9 Å². The summed E-state index contributed by atoms with van der Waals surface area (Å²) in [7, 11) is 0. The largest absolute Gasteiger partial charge is 0.481 e. The van der Waals surface area contributed by atoms with Crippen molar-refractivity contribution in [2.45, 2.75) is 32.7 Å². The number of carbonyl (C=O) groups excluding carboxylic acids is 2. The highest BCUT2D eigenvalue weighted by Gasteiger charge is 2.65. The lowest BCUT2D eigenvalue weighted by atomic mass is 10.1. The molecule has 2 atom stereocenters. The van der Waals surface area contributed by atoms with Gasteiger partial charge in [0, 0.05) is 17.3 Å². The fourth-order valence-corrected chi connectivity index (χ4v) is 3.04. The molecule has 2 aliphatic carbocycles. The lowest BCUT2D eigenvalue weighted by Crippen LogP contribution is -2.25. The minimum atomic E-state index is -0.951. The first-order chi connectivity index (χ1) is 10.8. The Bertz CT molecular complexity index is 679. The molecular formula is C17H20N2O4. The molecule has 3 N–H and O–H groups in total. The van der Waals surface area contributed by atoms with Crippen LogP contribution in [0.5, 0.6) is 0 Å². The first-order valence-corrected chi connectivity index (χ1v) is 7.75. The van der Waals surface area contributed by atoms with Crippen LogP contribution in [0.1, 0.15) is 37.0 Å². The van der Waals surface area contributed by atoms with E-state index in [4.69, 9.17) is 5.11 Å². The van der Waals surface area contributed by atoms with Crippen LogP contribution >= 0.6 is 0 Å². The zero-order chi connectivity index (χ0) is 16.8. The van der Waals surface area contributed by atoms with Crippen LogP contribution in [-0.2, 0) is 9.59 Å². The highest BCUT2D eigenvalue weighted by atomic mass is 16.4. The van der Waals surface area contributed by atoms with Crippen LogP contribution in [0.2, 0.25) is 0 Å².